The zero-order valence-corrected chi connectivity index (χ0v) is 16.2. The number of ether oxygens (including phenoxy) is 2. The first-order valence-corrected chi connectivity index (χ1v) is 7.31. The van der Waals surface area contributed by atoms with Gasteiger partial charge in [0.2, 0.25) is 0 Å². The number of hydrogen-bond donors (Lipinski definition) is 2. The lowest BCUT2D eigenvalue weighted by Crippen LogP contribution is -2.32. The van der Waals surface area contributed by atoms with Crippen molar-refractivity contribution in [2.75, 3.05) is 20.8 Å². The third-order valence-corrected chi connectivity index (χ3v) is 3.14. The van der Waals surface area contributed by atoms with Crippen LogP contribution in [0, 0.1) is 5.92 Å². The Bertz CT molecular complexity index is 465. The van der Waals surface area contributed by atoms with E-state index in [-0.39, 0.29) is 24.0 Å². The maximum atomic E-state index is 5.85. The zero-order valence-electron chi connectivity index (χ0n) is 13.9. The van der Waals surface area contributed by atoms with Crippen LogP contribution >= 0.6 is 24.0 Å². The predicted octanol–water partition coefficient (Wildman–Crippen LogP) is 3.16. The van der Waals surface area contributed by atoms with Crippen molar-refractivity contribution in [3.63, 3.8) is 0 Å². The summed E-state index contributed by atoms with van der Waals surface area (Å²) in [6.07, 6.45) is 2.29. The number of methoxy groups -OCH3 is 2. The van der Waals surface area contributed by atoms with E-state index in [0.29, 0.717) is 24.0 Å². The van der Waals surface area contributed by atoms with E-state index in [1.165, 1.54) is 6.42 Å². The van der Waals surface area contributed by atoms with Crippen molar-refractivity contribution in [2.45, 2.75) is 33.2 Å². The van der Waals surface area contributed by atoms with Gasteiger partial charge in [0.25, 0.3) is 0 Å². The lowest BCUT2D eigenvalue weighted by atomic mass is 10.1. The number of nitrogens with zero attached hydrogens (tertiary/aromatic N) is 1. The highest BCUT2D eigenvalue weighted by Gasteiger charge is 2.04. The van der Waals surface area contributed by atoms with Crippen LogP contribution in [0.1, 0.15) is 32.3 Å². The standard InChI is InChI=1S/C16H27N3O2.HI/c1-12(2)6-5-9-18-16(17)19-11-13-7-8-14(20-3)15(10-13)21-4;/h7-8,10,12H,5-6,9,11H2,1-4H3,(H3,17,18,19);1H. The van der Waals surface area contributed by atoms with E-state index in [1.807, 2.05) is 18.2 Å². The highest BCUT2D eigenvalue weighted by molar-refractivity contribution is 14.0. The first-order valence-electron chi connectivity index (χ1n) is 7.31. The molecule has 1 aromatic rings. The molecule has 0 bridgehead atoms. The van der Waals surface area contributed by atoms with Crippen molar-refractivity contribution >= 4 is 29.9 Å². The molecule has 0 aromatic heterocycles. The largest absolute Gasteiger partial charge is 0.493 e. The minimum Gasteiger partial charge on any atom is -0.493 e. The summed E-state index contributed by atoms with van der Waals surface area (Å²) in [4.78, 5) is 4.33. The molecule has 0 aliphatic rings. The number of guanidine groups is 1. The molecule has 0 fully saturated rings. The number of halogens is 1. The van der Waals surface area contributed by atoms with Gasteiger partial charge in [-0.25, -0.2) is 4.99 Å². The van der Waals surface area contributed by atoms with Gasteiger partial charge in [0.1, 0.15) is 0 Å². The molecule has 0 heterocycles. The van der Waals surface area contributed by atoms with Crippen LogP contribution in [-0.2, 0) is 6.54 Å². The Kier molecular flexibility index (Phi) is 10.8. The molecule has 0 amide bonds. The van der Waals surface area contributed by atoms with Gasteiger partial charge in [-0.3, -0.25) is 0 Å². The van der Waals surface area contributed by atoms with Crippen molar-refractivity contribution in [2.24, 2.45) is 16.6 Å². The molecule has 0 unspecified atom stereocenters. The Labute approximate surface area is 150 Å². The monoisotopic (exact) mass is 421 g/mol. The minimum atomic E-state index is 0. The van der Waals surface area contributed by atoms with Crippen LogP contribution in [0.25, 0.3) is 0 Å². The molecular weight excluding hydrogens is 393 g/mol. The maximum Gasteiger partial charge on any atom is 0.188 e. The second kappa shape index (κ2) is 11.4. The Morgan fingerprint density at radius 2 is 1.91 bits per heavy atom. The molecule has 22 heavy (non-hydrogen) atoms. The molecule has 0 aliphatic carbocycles. The third kappa shape index (κ3) is 7.72. The molecule has 0 saturated carbocycles. The van der Waals surface area contributed by atoms with Gasteiger partial charge in [-0.2, -0.15) is 0 Å². The van der Waals surface area contributed by atoms with Crippen LogP contribution in [0.15, 0.2) is 23.2 Å². The van der Waals surface area contributed by atoms with Gasteiger partial charge in [0, 0.05) is 6.54 Å². The average molecular weight is 421 g/mol. The van der Waals surface area contributed by atoms with Gasteiger partial charge < -0.3 is 20.5 Å². The Hall–Kier alpha value is -1.18. The fourth-order valence-electron chi connectivity index (χ4n) is 1.94. The van der Waals surface area contributed by atoms with Gasteiger partial charge in [-0.15, -0.1) is 24.0 Å². The molecule has 0 spiro atoms. The first-order chi connectivity index (χ1) is 10.1. The van der Waals surface area contributed by atoms with Crippen molar-refractivity contribution in [1.82, 2.24) is 5.32 Å². The van der Waals surface area contributed by atoms with E-state index >= 15 is 0 Å². The fraction of sp³-hybridized carbons (Fsp3) is 0.562. The maximum absolute atomic E-state index is 5.85. The number of nitrogens with two attached hydrogens (primary N) is 1. The van der Waals surface area contributed by atoms with E-state index in [0.717, 1.165) is 24.4 Å². The first kappa shape index (κ1) is 20.8. The van der Waals surface area contributed by atoms with E-state index in [4.69, 9.17) is 15.2 Å². The van der Waals surface area contributed by atoms with Gasteiger partial charge >= 0.3 is 0 Å². The quantitative estimate of drug-likeness (QED) is 0.293. The predicted molar refractivity (Wildman–Crippen MR) is 102 cm³/mol. The van der Waals surface area contributed by atoms with E-state index in [2.05, 4.69) is 24.2 Å². The van der Waals surface area contributed by atoms with Crippen LogP contribution in [0.4, 0.5) is 0 Å². The smallest absolute Gasteiger partial charge is 0.188 e. The summed E-state index contributed by atoms with van der Waals surface area (Å²) in [5.41, 5.74) is 6.88. The van der Waals surface area contributed by atoms with Crippen molar-refractivity contribution in [1.29, 1.82) is 0 Å². The highest BCUT2D eigenvalue weighted by Crippen LogP contribution is 2.27. The molecule has 0 atom stereocenters. The van der Waals surface area contributed by atoms with Gasteiger partial charge in [0.15, 0.2) is 17.5 Å². The second-order valence-electron chi connectivity index (χ2n) is 5.35. The highest BCUT2D eigenvalue weighted by atomic mass is 127. The Morgan fingerprint density at radius 1 is 1.23 bits per heavy atom. The number of nitrogens with one attached hydrogen (secondary N) is 1. The van der Waals surface area contributed by atoms with Crippen LogP contribution in [0.3, 0.4) is 0 Å². The second-order valence-corrected chi connectivity index (χ2v) is 5.35. The van der Waals surface area contributed by atoms with Gasteiger partial charge in [-0.1, -0.05) is 19.9 Å². The fourth-order valence-corrected chi connectivity index (χ4v) is 1.94. The van der Waals surface area contributed by atoms with Crippen LogP contribution in [0.2, 0.25) is 0 Å². The summed E-state index contributed by atoms with van der Waals surface area (Å²) in [7, 11) is 3.24. The molecule has 0 aliphatic heterocycles. The lowest BCUT2D eigenvalue weighted by molar-refractivity contribution is 0.354. The average Bonchev–Trinajstić information content (AvgIpc) is 2.48. The van der Waals surface area contributed by atoms with Crippen LogP contribution < -0.4 is 20.5 Å². The number of hydrogen-bond acceptors (Lipinski definition) is 3. The lowest BCUT2D eigenvalue weighted by Gasteiger charge is -2.09. The minimum absolute atomic E-state index is 0. The van der Waals surface area contributed by atoms with Gasteiger partial charge in [-0.05, 0) is 36.5 Å². The van der Waals surface area contributed by atoms with Crippen LogP contribution in [-0.4, -0.2) is 26.7 Å². The molecule has 1 rings (SSSR count). The zero-order chi connectivity index (χ0) is 15.7. The van der Waals surface area contributed by atoms with Crippen molar-refractivity contribution in [3.8, 4) is 11.5 Å². The number of benzene rings is 1. The molecule has 0 radical (unpaired) electrons. The summed E-state index contributed by atoms with van der Waals surface area (Å²) in [5.74, 6) is 2.61. The summed E-state index contributed by atoms with van der Waals surface area (Å²) in [6, 6.07) is 5.74. The summed E-state index contributed by atoms with van der Waals surface area (Å²) in [6.45, 7) is 5.81. The van der Waals surface area contributed by atoms with E-state index < -0.39 is 0 Å². The summed E-state index contributed by atoms with van der Waals surface area (Å²) >= 11 is 0. The van der Waals surface area contributed by atoms with E-state index in [9.17, 15) is 0 Å². The molecule has 126 valence electrons. The van der Waals surface area contributed by atoms with E-state index in [1.54, 1.807) is 14.2 Å². The molecule has 1 aromatic carbocycles. The van der Waals surface area contributed by atoms with Crippen molar-refractivity contribution < 1.29 is 9.47 Å². The number of rotatable bonds is 8. The Morgan fingerprint density at radius 3 is 2.50 bits per heavy atom. The molecule has 5 nitrogen and oxygen atoms in total. The SMILES string of the molecule is COc1ccc(CN=C(N)NCCCC(C)C)cc1OC.I. The van der Waals surface area contributed by atoms with Gasteiger partial charge in [0.05, 0.1) is 20.8 Å². The number of aliphatic imine (C=N–C) groups is 1. The summed E-state index contributed by atoms with van der Waals surface area (Å²) < 4.78 is 10.5. The topological polar surface area (TPSA) is 68.9 Å². The molecular formula is C16H28IN3O2. The molecule has 0 saturated heterocycles. The normalized spacial score (nSPS) is 11.0. The third-order valence-electron chi connectivity index (χ3n) is 3.14. The summed E-state index contributed by atoms with van der Waals surface area (Å²) in [5, 5.41) is 3.13. The Balaban J connectivity index is 0.00000441. The van der Waals surface area contributed by atoms with Crippen molar-refractivity contribution in [3.05, 3.63) is 23.8 Å². The molecule has 3 N–H and O–H groups in total. The van der Waals surface area contributed by atoms with Crippen LogP contribution in [0.5, 0.6) is 11.5 Å². The molecule has 6 heteroatoms.